The lowest BCUT2D eigenvalue weighted by Gasteiger charge is -2.64. The predicted molar refractivity (Wildman–Crippen MR) is 181 cm³/mol. The summed E-state index contributed by atoms with van der Waals surface area (Å²) in [6, 6.07) is 3.64. The molecule has 7 nitrogen and oxygen atoms in total. The molecule has 0 bridgehead atoms. The monoisotopic (exact) mass is 684 g/mol. The summed E-state index contributed by atoms with van der Waals surface area (Å²) in [6.07, 6.45) is 7.95. The molecule has 5 aliphatic carbocycles. The van der Waals surface area contributed by atoms with Crippen LogP contribution in [0, 0.1) is 62.4 Å². The van der Waals surface area contributed by atoms with Gasteiger partial charge in [0.15, 0.2) is 6.29 Å². The summed E-state index contributed by atoms with van der Waals surface area (Å²) in [5.74, 6) is 0.686. The molecular formula is C40H58F2N2O5. The van der Waals surface area contributed by atoms with Crippen LogP contribution in [-0.4, -0.2) is 72.9 Å². The topological polar surface area (TPSA) is 80.3 Å². The molecule has 1 aromatic rings. The van der Waals surface area contributed by atoms with Crippen LogP contribution in [0.4, 0.5) is 8.78 Å². The highest BCUT2D eigenvalue weighted by atomic mass is 19.1. The first-order valence-corrected chi connectivity index (χ1v) is 19.2. The van der Waals surface area contributed by atoms with E-state index in [0.29, 0.717) is 67.4 Å². The number of carbonyl (C=O) groups excluding carboxylic acids is 1. The van der Waals surface area contributed by atoms with Gasteiger partial charge >= 0.3 is 0 Å². The molecule has 7 unspecified atom stereocenters. The van der Waals surface area contributed by atoms with Gasteiger partial charge in [-0.1, -0.05) is 34.6 Å². The molecule has 2 N–H and O–H groups in total. The Morgan fingerprint density at radius 1 is 1.04 bits per heavy atom. The molecule has 2 heterocycles. The number of hydrogen-bond acceptors (Lipinski definition) is 6. The lowest BCUT2D eigenvalue weighted by Crippen LogP contribution is -2.60. The van der Waals surface area contributed by atoms with Gasteiger partial charge in [0.05, 0.1) is 37.6 Å². The first-order valence-electron chi connectivity index (χ1n) is 19.2. The molecule has 9 heteroatoms. The Balaban J connectivity index is 0.980. The van der Waals surface area contributed by atoms with Crippen LogP contribution in [0.2, 0.25) is 0 Å². The number of nitrogens with zero attached hydrogens (tertiary/aromatic N) is 1. The minimum Gasteiger partial charge on any atom is -0.390 e. The van der Waals surface area contributed by atoms with Gasteiger partial charge in [-0.3, -0.25) is 4.79 Å². The maximum Gasteiger partial charge on any atom is 0.219 e. The number of amides is 1. The summed E-state index contributed by atoms with van der Waals surface area (Å²) >= 11 is 0. The third-order valence-electron chi connectivity index (χ3n) is 16.2. The minimum absolute atomic E-state index is 0.00272. The molecule has 1 aromatic carbocycles. The normalized spacial score (nSPS) is 48.1. The van der Waals surface area contributed by atoms with Gasteiger partial charge in [0, 0.05) is 38.0 Å². The molecule has 0 aromatic heterocycles. The van der Waals surface area contributed by atoms with Crippen LogP contribution < -0.4 is 5.32 Å². The molecule has 1 amide bonds. The molecule has 0 radical (unpaired) electrons. The number of halogens is 2. The van der Waals surface area contributed by atoms with E-state index in [-0.39, 0.29) is 52.2 Å². The fraction of sp³-hybridized carbons (Fsp3) is 0.825. The predicted octanol–water partition coefficient (Wildman–Crippen LogP) is 6.46. The lowest BCUT2D eigenvalue weighted by molar-refractivity contribution is -0.247. The number of carbonyl (C=O) groups is 1. The smallest absolute Gasteiger partial charge is 0.219 e. The maximum absolute atomic E-state index is 13.7. The summed E-state index contributed by atoms with van der Waals surface area (Å²) in [4.78, 5) is 13.9. The molecule has 7 fully saturated rings. The minimum atomic E-state index is -0.564. The number of benzene rings is 1. The number of nitrogens with one attached hydrogen (secondary N) is 1. The average molecular weight is 685 g/mol. The zero-order chi connectivity index (χ0) is 34.7. The van der Waals surface area contributed by atoms with Crippen molar-refractivity contribution in [3.8, 4) is 0 Å². The van der Waals surface area contributed by atoms with Crippen LogP contribution in [0.25, 0.3) is 0 Å². The third kappa shape index (κ3) is 4.90. The maximum atomic E-state index is 13.7. The molecule has 8 rings (SSSR count). The quantitative estimate of drug-likeness (QED) is 0.359. The second-order valence-electron chi connectivity index (χ2n) is 18.4. The van der Waals surface area contributed by atoms with Gasteiger partial charge in [-0.2, -0.15) is 0 Å². The van der Waals surface area contributed by atoms with Crippen molar-refractivity contribution in [1.29, 1.82) is 0 Å². The molecule has 2 saturated heterocycles. The van der Waals surface area contributed by atoms with Crippen LogP contribution in [-0.2, 0) is 25.5 Å². The van der Waals surface area contributed by atoms with Crippen molar-refractivity contribution in [2.75, 3.05) is 26.2 Å². The van der Waals surface area contributed by atoms with Crippen LogP contribution in [0.15, 0.2) is 18.2 Å². The number of aliphatic hydroxyl groups is 1. The number of fused-ring (bicyclic) bond motifs is 4. The van der Waals surface area contributed by atoms with Crippen molar-refractivity contribution in [3.63, 3.8) is 0 Å². The highest BCUT2D eigenvalue weighted by molar-refractivity contribution is 5.73. The number of rotatable bonds is 6. The van der Waals surface area contributed by atoms with Crippen LogP contribution in [0.1, 0.15) is 98.5 Å². The molecular weight excluding hydrogens is 626 g/mol. The second kappa shape index (κ2) is 11.7. The fourth-order valence-corrected chi connectivity index (χ4v) is 14.0. The molecule has 5 saturated carbocycles. The van der Waals surface area contributed by atoms with Gasteiger partial charge in [0.1, 0.15) is 11.6 Å². The molecule has 49 heavy (non-hydrogen) atoms. The van der Waals surface area contributed by atoms with E-state index >= 15 is 0 Å². The Hall–Kier alpha value is -1.65. The van der Waals surface area contributed by atoms with E-state index in [1.807, 2.05) is 4.90 Å². The Kier molecular flexibility index (Phi) is 8.21. The van der Waals surface area contributed by atoms with Crippen molar-refractivity contribution in [1.82, 2.24) is 10.2 Å². The van der Waals surface area contributed by atoms with E-state index in [2.05, 4.69) is 39.9 Å². The number of aliphatic hydroxyl groups excluding tert-OH is 1. The second-order valence-corrected chi connectivity index (χ2v) is 18.4. The van der Waals surface area contributed by atoms with Crippen molar-refractivity contribution in [2.45, 2.75) is 130 Å². The highest BCUT2D eigenvalue weighted by Gasteiger charge is 2.84. The Labute approximate surface area is 291 Å². The summed E-state index contributed by atoms with van der Waals surface area (Å²) in [6.45, 7) is 16.3. The summed E-state index contributed by atoms with van der Waals surface area (Å²) < 4.78 is 47.1. The van der Waals surface area contributed by atoms with Crippen molar-refractivity contribution in [3.05, 3.63) is 35.4 Å². The van der Waals surface area contributed by atoms with E-state index in [4.69, 9.17) is 14.2 Å². The van der Waals surface area contributed by atoms with Gasteiger partial charge in [0.2, 0.25) is 5.91 Å². The van der Waals surface area contributed by atoms with Gasteiger partial charge < -0.3 is 29.5 Å². The van der Waals surface area contributed by atoms with Crippen LogP contribution >= 0.6 is 0 Å². The van der Waals surface area contributed by atoms with Crippen LogP contribution in [0.3, 0.4) is 0 Å². The zero-order valence-corrected chi connectivity index (χ0v) is 30.4. The van der Waals surface area contributed by atoms with E-state index in [1.54, 1.807) is 6.92 Å². The lowest BCUT2D eigenvalue weighted by atomic mass is 9.41. The third-order valence-corrected chi connectivity index (χ3v) is 16.2. The van der Waals surface area contributed by atoms with Gasteiger partial charge in [0.25, 0.3) is 0 Å². The van der Waals surface area contributed by atoms with E-state index in [0.717, 1.165) is 44.6 Å². The van der Waals surface area contributed by atoms with E-state index in [9.17, 15) is 18.7 Å². The Morgan fingerprint density at radius 2 is 1.76 bits per heavy atom. The van der Waals surface area contributed by atoms with E-state index in [1.165, 1.54) is 25.0 Å². The Morgan fingerprint density at radius 3 is 2.49 bits per heavy atom. The zero-order valence-electron chi connectivity index (χ0n) is 30.4. The summed E-state index contributed by atoms with van der Waals surface area (Å²) in [5, 5.41) is 15.9. The highest BCUT2D eigenvalue weighted by Crippen LogP contribution is 2.89. The fourth-order valence-electron chi connectivity index (χ4n) is 14.0. The molecule has 7 aliphatic rings. The summed E-state index contributed by atoms with van der Waals surface area (Å²) in [7, 11) is 0. The molecule has 2 spiro atoms. The van der Waals surface area contributed by atoms with Crippen molar-refractivity contribution < 1.29 is 32.9 Å². The number of morpholine rings is 1. The molecule has 13 atom stereocenters. The average Bonchev–Trinajstić information content (AvgIpc) is 3.67. The molecule has 272 valence electrons. The van der Waals surface area contributed by atoms with Gasteiger partial charge in [-0.05, 0) is 114 Å². The first-order chi connectivity index (χ1) is 23.2. The standard InChI is InChI=1S/C40H58F2N2O5/c1-23-15-28(20-43-19-25-16-26(41)18-27(42)17-25)48-34-33(23)37(5)11-12-40-22-39(40)10-9-31(49-32-21-44(24(2)45)13-14-47-32)36(3,4)29(39)7-8-30(40)38(37,6)35(34)46/h16-18,23,28-35,43,46H,7-15,19-22H2,1-6H3/t23-,28?,29+,30?,31?,32+,33+,34?,35+,37?,38-,39?,40?/m1/s1. The first kappa shape index (κ1) is 34.4. The van der Waals surface area contributed by atoms with Crippen molar-refractivity contribution >= 4 is 5.91 Å². The van der Waals surface area contributed by atoms with Crippen molar-refractivity contribution in [2.24, 2.45) is 50.7 Å². The summed E-state index contributed by atoms with van der Waals surface area (Å²) in [5.41, 5.74) is 0.902. The SMILES string of the molecule is CC(=O)N1CCO[C@@H](OC2CCC34CC35CCC3(C)[C@@H]6C(OC(CNCc7cc(F)cc(F)c7)C[C@H]6C)[C@H](O)[C@@]3(C)C5CC[C@H]4C2(C)C)C1. The van der Waals surface area contributed by atoms with Crippen LogP contribution in [0.5, 0.6) is 0 Å². The molecule has 2 aliphatic heterocycles. The number of ether oxygens (including phenoxy) is 3. The van der Waals surface area contributed by atoms with Gasteiger partial charge in [-0.15, -0.1) is 0 Å². The van der Waals surface area contributed by atoms with Gasteiger partial charge in [-0.25, -0.2) is 8.78 Å². The Bertz CT molecular complexity index is 1460. The number of hydrogen-bond donors (Lipinski definition) is 2. The van der Waals surface area contributed by atoms with E-state index < -0.39 is 17.7 Å². The largest absolute Gasteiger partial charge is 0.390 e.